The van der Waals surface area contributed by atoms with E-state index in [1.807, 2.05) is 31.2 Å². The van der Waals surface area contributed by atoms with Crippen molar-refractivity contribution < 1.29 is 23.5 Å². The fourth-order valence-corrected chi connectivity index (χ4v) is 5.40. The van der Waals surface area contributed by atoms with E-state index in [4.69, 9.17) is 4.74 Å². The summed E-state index contributed by atoms with van der Waals surface area (Å²) in [6, 6.07) is 11.8. The summed E-state index contributed by atoms with van der Waals surface area (Å²) < 4.78 is 19.0. The highest BCUT2D eigenvalue weighted by molar-refractivity contribution is 6.34. The maximum absolute atomic E-state index is 13.8. The summed E-state index contributed by atoms with van der Waals surface area (Å²) in [6.07, 6.45) is 2.71. The molecule has 2 aliphatic rings. The molecule has 1 saturated heterocycles. The maximum atomic E-state index is 13.8. The molecule has 4 N–H and O–H groups in total. The number of nitrogens with one attached hydrogen (secondary N) is 4. The van der Waals surface area contributed by atoms with E-state index in [-0.39, 0.29) is 23.8 Å². The molecule has 2 aliphatic heterocycles. The van der Waals surface area contributed by atoms with E-state index in [2.05, 4.69) is 20.9 Å². The molecule has 2 aromatic carbocycles. The van der Waals surface area contributed by atoms with E-state index in [1.165, 1.54) is 18.2 Å². The Morgan fingerprint density at radius 1 is 1.17 bits per heavy atom. The monoisotopic (exact) mass is 559 g/mol. The number of benzene rings is 2. The van der Waals surface area contributed by atoms with Crippen molar-refractivity contribution in [3.8, 4) is 5.75 Å². The summed E-state index contributed by atoms with van der Waals surface area (Å²) >= 11 is 0. The Kier molecular flexibility index (Phi) is 8.21. The highest BCUT2D eigenvalue weighted by atomic mass is 19.1. The number of aromatic nitrogens is 1. The normalized spacial score (nSPS) is 17.1. The van der Waals surface area contributed by atoms with Gasteiger partial charge in [0, 0.05) is 61.3 Å². The lowest BCUT2D eigenvalue weighted by Gasteiger charge is -2.17. The van der Waals surface area contributed by atoms with E-state index < -0.39 is 5.82 Å². The zero-order valence-corrected chi connectivity index (χ0v) is 23.4. The molecular weight excluding hydrogens is 525 g/mol. The van der Waals surface area contributed by atoms with Gasteiger partial charge in [-0.3, -0.25) is 14.4 Å². The molecule has 214 valence electrons. The molecule has 0 radical (unpaired) electrons. The first-order chi connectivity index (χ1) is 19.7. The van der Waals surface area contributed by atoms with E-state index >= 15 is 0 Å². The Balaban J connectivity index is 1.15. The fraction of sp³-hybridized carbons (Fsp3) is 0.323. The number of aryl methyl sites for hydroxylation is 1. The molecule has 0 unspecified atom stereocenters. The van der Waals surface area contributed by atoms with Crippen LogP contribution in [0.4, 0.5) is 10.1 Å². The van der Waals surface area contributed by atoms with Gasteiger partial charge in [-0.25, -0.2) is 4.39 Å². The lowest BCUT2D eigenvalue weighted by atomic mass is 10.0. The van der Waals surface area contributed by atoms with Crippen molar-refractivity contribution in [2.75, 3.05) is 32.1 Å². The lowest BCUT2D eigenvalue weighted by molar-refractivity contribution is -0.130. The van der Waals surface area contributed by atoms with Gasteiger partial charge in [-0.2, -0.15) is 0 Å². The minimum atomic E-state index is -0.431. The molecule has 0 bridgehead atoms. The van der Waals surface area contributed by atoms with Crippen LogP contribution < -0.4 is 20.7 Å². The van der Waals surface area contributed by atoms with Crippen molar-refractivity contribution >= 4 is 35.1 Å². The lowest BCUT2D eigenvalue weighted by Crippen LogP contribution is -2.39. The third-order valence-corrected chi connectivity index (χ3v) is 7.64. The minimum absolute atomic E-state index is 0.0541. The van der Waals surface area contributed by atoms with Crippen molar-refractivity contribution in [3.63, 3.8) is 0 Å². The zero-order valence-electron chi connectivity index (χ0n) is 23.4. The molecule has 3 heterocycles. The van der Waals surface area contributed by atoms with Crippen molar-refractivity contribution in [1.29, 1.82) is 0 Å². The molecule has 1 aromatic heterocycles. The van der Waals surface area contributed by atoms with Crippen molar-refractivity contribution in [1.82, 2.24) is 20.5 Å². The SMILES string of the molecule is COc1ccc(CNCCC(=O)N2CC[C@H](NC(=O)c3c(C)[nH]c(/C=C4\C(=O)Nc5ccc(F)cc54)c3C)C2)cc1. The molecule has 1 fully saturated rings. The number of H-pyrrole nitrogens is 1. The second-order valence-corrected chi connectivity index (χ2v) is 10.4. The molecule has 41 heavy (non-hydrogen) atoms. The van der Waals surface area contributed by atoms with Crippen LogP contribution in [0.3, 0.4) is 0 Å². The first kappa shape index (κ1) is 28.1. The Morgan fingerprint density at radius 3 is 2.71 bits per heavy atom. The number of carbonyl (C=O) groups excluding carboxylic acids is 3. The van der Waals surface area contributed by atoms with Crippen molar-refractivity contribution in [2.24, 2.45) is 0 Å². The van der Waals surface area contributed by atoms with Crippen molar-refractivity contribution in [2.45, 2.75) is 39.3 Å². The summed E-state index contributed by atoms with van der Waals surface area (Å²) in [7, 11) is 1.63. The van der Waals surface area contributed by atoms with Crippen molar-refractivity contribution in [3.05, 3.63) is 81.9 Å². The Morgan fingerprint density at radius 2 is 1.95 bits per heavy atom. The molecule has 9 nitrogen and oxygen atoms in total. The third-order valence-electron chi connectivity index (χ3n) is 7.64. The number of fused-ring (bicyclic) bond motifs is 1. The number of rotatable bonds is 9. The first-order valence-electron chi connectivity index (χ1n) is 13.7. The van der Waals surface area contributed by atoms with Crippen LogP contribution in [0.1, 0.15) is 51.3 Å². The second kappa shape index (κ2) is 12.0. The third kappa shape index (κ3) is 6.17. The summed E-state index contributed by atoms with van der Waals surface area (Å²) in [5.41, 5.74) is 4.95. The van der Waals surface area contributed by atoms with E-state index in [0.717, 1.165) is 11.3 Å². The summed E-state index contributed by atoms with van der Waals surface area (Å²) in [5, 5.41) is 9.11. The number of nitrogens with zero attached hydrogens (tertiary/aromatic N) is 1. The molecule has 0 saturated carbocycles. The average Bonchev–Trinajstić information content (AvgIpc) is 3.62. The predicted molar refractivity (Wildman–Crippen MR) is 155 cm³/mol. The maximum Gasteiger partial charge on any atom is 0.256 e. The first-order valence-corrected chi connectivity index (χ1v) is 13.7. The molecule has 5 rings (SSSR count). The molecular formula is C31H34FN5O4. The number of carbonyl (C=O) groups is 3. The zero-order chi connectivity index (χ0) is 29.1. The van der Waals surface area contributed by atoms with Gasteiger partial charge in [-0.05, 0) is 67.8 Å². The van der Waals surface area contributed by atoms with Crippen LogP contribution in [-0.2, 0) is 16.1 Å². The van der Waals surface area contributed by atoms with E-state index in [9.17, 15) is 18.8 Å². The molecule has 0 aliphatic carbocycles. The largest absolute Gasteiger partial charge is 0.497 e. The van der Waals surface area contributed by atoms with Crippen LogP contribution in [0, 0.1) is 19.7 Å². The van der Waals surface area contributed by atoms with Crippen LogP contribution in [0.2, 0.25) is 0 Å². The summed E-state index contributed by atoms with van der Waals surface area (Å²) in [5.74, 6) is -0.127. The van der Waals surface area contributed by atoms with E-state index in [1.54, 1.807) is 25.0 Å². The highest BCUT2D eigenvalue weighted by Gasteiger charge is 2.29. The highest BCUT2D eigenvalue weighted by Crippen LogP contribution is 2.34. The molecule has 3 aromatic rings. The number of aromatic amines is 1. The van der Waals surface area contributed by atoms with Gasteiger partial charge in [0.25, 0.3) is 11.8 Å². The number of hydrogen-bond donors (Lipinski definition) is 4. The van der Waals surface area contributed by atoms with Gasteiger partial charge in [0.05, 0.1) is 18.2 Å². The Labute approximate surface area is 238 Å². The van der Waals surface area contributed by atoms with Crippen LogP contribution in [0.5, 0.6) is 5.75 Å². The molecule has 3 amide bonds. The topological polar surface area (TPSA) is 116 Å². The number of amides is 3. The summed E-state index contributed by atoms with van der Waals surface area (Å²) in [6.45, 7) is 5.90. The number of hydrogen-bond acceptors (Lipinski definition) is 5. The number of halogens is 1. The minimum Gasteiger partial charge on any atom is -0.497 e. The average molecular weight is 560 g/mol. The van der Waals surface area contributed by atoms with Gasteiger partial charge >= 0.3 is 0 Å². The Hall–Kier alpha value is -4.44. The number of ether oxygens (including phenoxy) is 1. The molecule has 10 heteroatoms. The number of anilines is 1. The number of methoxy groups -OCH3 is 1. The molecule has 1 atom stereocenters. The Bertz CT molecular complexity index is 1510. The summed E-state index contributed by atoms with van der Waals surface area (Å²) in [4.78, 5) is 43.5. The predicted octanol–water partition coefficient (Wildman–Crippen LogP) is 3.78. The van der Waals surface area contributed by atoms with Gasteiger partial charge in [0.2, 0.25) is 5.91 Å². The second-order valence-electron chi connectivity index (χ2n) is 10.4. The van der Waals surface area contributed by atoms with Gasteiger partial charge in [0.1, 0.15) is 11.6 Å². The van der Waals surface area contributed by atoms with Crippen LogP contribution in [0.25, 0.3) is 11.6 Å². The van der Waals surface area contributed by atoms with Gasteiger partial charge in [0.15, 0.2) is 0 Å². The number of likely N-dealkylation sites (tertiary alicyclic amines) is 1. The van der Waals surface area contributed by atoms with Crippen LogP contribution in [-0.4, -0.2) is 60.4 Å². The fourth-order valence-electron chi connectivity index (χ4n) is 5.40. The van der Waals surface area contributed by atoms with Gasteiger partial charge in [-0.15, -0.1) is 0 Å². The standard InChI is InChI=1S/C31H34FN5O4/c1-18-27(15-25-24-14-21(32)6-9-26(24)36-30(25)39)34-19(2)29(18)31(40)35-22-11-13-37(17-22)28(38)10-12-33-16-20-4-7-23(41-3)8-5-20/h4-9,14-15,22,33-34H,10-13,16-17H2,1-3H3,(H,35,40)(H,36,39)/b25-15-/t22-/m0/s1. The van der Waals surface area contributed by atoms with Gasteiger partial charge < -0.3 is 30.6 Å². The molecule has 0 spiro atoms. The van der Waals surface area contributed by atoms with Crippen LogP contribution in [0.15, 0.2) is 42.5 Å². The smallest absolute Gasteiger partial charge is 0.256 e. The van der Waals surface area contributed by atoms with Gasteiger partial charge in [-0.1, -0.05) is 12.1 Å². The van der Waals surface area contributed by atoms with E-state index in [0.29, 0.717) is 78.4 Å². The van der Waals surface area contributed by atoms with Crippen LogP contribution >= 0.6 is 0 Å². The quantitative estimate of drug-likeness (QED) is 0.235.